The second-order valence-corrected chi connectivity index (χ2v) is 7.53. The van der Waals surface area contributed by atoms with E-state index in [0.717, 1.165) is 0 Å². The Hall–Kier alpha value is -1.25. The minimum absolute atomic E-state index is 8.11. The van der Waals surface area contributed by atoms with Crippen LogP contribution in [-0.4, -0.2) is 59.2 Å². The van der Waals surface area contributed by atoms with Gasteiger partial charge in [0, 0.05) is 12.6 Å². The maximum atomic E-state index is 13.2. The van der Waals surface area contributed by atoms with Gasteiger partial charge in [-0.2, -0.15) is 92.2 Å². The average molecular weight is 607 g/mol. The SMILES string of the molecule is FC(F)(F)C(F)(F)C(F)(F)C(F)(F)C(F)(F)C(F)(F)C(F)(F)C(F)(F)C(F)(F)C(F)(F)[P+](F)(F)F. The first kappa shape index (κ1) is 33.8. The number of rotatable bonds is 9. The van der Waals surface area contributed by atoms with Crippen molar-refractivity contribution in [1.82, 2.24) is 0 Å². The molecule has 0 aromatic rings. The van der Waals surface area contributed by atoms with E-state index in [9.17, 15) is 105 Å². The summed E-state index contributed by atoms with van der Waals surface area (Å²) < 4.78 is 305. The van der Waals surface area contributed by atoms with E-state index in [1.54, 1.807) is 0 Å². The first-order chi connectivity index (χ1) is 14.5. The van der Waals surface area contributed by atoms with Crippen molar-refractivity contribution in [3.63, 3.8) is 0 Å². The maximum Gasteiger partial charge on any atom is 0.644 e. The first-order valence-corrected chi connectivity index (χ1v) is 8.41. The van der Waals surface area contributed by atoms with Crippen LogP contribution in [0, 0.1) is 0 Å². The Kier molecular flexibility index (Phi) is 7.59. The van der Waals surface area contributed by atoms with Crippen molar-refractivity contribution in [1.29, 1.82) is 0 Å². The predicted molar refractivity (Wildman–Crippen MR) is 60.8 cm³/mol. The van der Waals surface area contributed by atoms with Crippen LogP contribution in [-0.2, 0) is 0 Å². The van der Waals surface area contributed by atoms with Gasteiger partial charge in [-0.25, -0.2) is 0 Å². The van der Waals surface area contributed by atoms with E-state index in [4.69, 9.17) is 0 Å². The lowest BCUT2D eigenvalue weighted by atomic mass is 9.87. The molecule has 0 radical (unpaired) electrons. The summed E-state index contributed by atoms with van der Waals surface area (Å²) >= 11 is 0. The molecule has 0 aliphatic heterocycles. The number of halogens is 24. The molecule has 212 valence electrons. The van der Waals surface area contributed by atoms with Crippen LogP contribution in [0.2, 0.25) is 0 Å². The Labute approximate surface area is 173 Å². The smallest absolute Gasteiger partial charge is 0.192 e. The minimum Gasteiger partial charge on any atom is -0.192 e. The standard InChI is InChI=1S/C10F24P/c11-1(12,3(15,16)5(19,20)7(23,24)9(27,28)29)2(13,14)4(17,18)6(21,22)8(25,26)10(30,31)35(32,33)34/q+1. The van der Waals surface area contributed by atoms with Crippen LogP contribution in [0.5, 0.6) is 0 Å². The van der Waals surface area contributed by atoms with Gasteiger partial charge in [-0.15, -0.1) is 0 Å². The monoisotopic (exact) mass is 607 g/mol. The molecule has 25 heteroatoms. The first-order valence-electron chi connectivity index (χ1n) is 6.95. The fourth-order valence-corrected chi connectivity index (χ4v) is 2.17. The third kappa shape index (κ3) is 3.93. The normalized spacial score (nSPS) is 17.1. The molecule has 0 heterocycles. The van der Waals surface area contributed by atoms with E-state index in [-0.39, 0.29) is 0 Å². The zero-order chi connectivity index (χ0) is 29.5. The van der Waals surface area contributed by atoms with E-state index in [0.29, 0.717) is 0 Å². The van der Waals surface area contributed by atoms with E-state index < -0.39 is 67.4 Å². The Morgan fingerprint density at radius 2 is 0.429 bits per heavy atom. The highest BCUT2D eigenvalue weighted by Crippen LogP contribution is 2.81. The van der Waals surface area contributed by atoms with Crippen LogP contribution < -0.4 is 0 Å². The van der Waals surface area contributed by atoms with Crippen LogP contribution in [0.25, 0.3) is 0 Å². The van der Waals surface area contributed by atoms with Crippen molar-refractivity contribution in [2.75, 3.05) is 0 Å². The molecule has 0 spiro atoms. The fraction of sp³-hybridized carbons (Fsp3) is 1.00. The summed E-state index contributed by atoms with van der Waals surface area (Å²) in [4.78, 5) is 0. The van der Waals surface area contributed by atoms with Gasteiger partial charge in [-0.1, -0.05) is 0 Å². The average Bonchev–Trinajstić information content (AvgIpc) is 2.58. The number of hydrogen-bond donors (Lipinski definition) is 0. The van der Waals surface area contributed by atoms with Gasteiger partial charge in [-0.3, -0.25) is 0 Å². The molecule has 0 aromatic heterocycles. The van der Waals surface area contributed by atoms with Crippen LogP contribution in [0.4, 0.5) is 105 Å². The second-order valence-electron chi connectivity index (χ2n) is 6.08. The largest absolute Gasteiger partial charge is 0.644 e. The number of hydrogen-bond acceptors (Lipinski definition) is 0. The molecule has 0 aliphatic carbocycles. The molecule has 0 bridgehead atoms. The molecule has 0 atom stereocenters. The van der Waals surface area contributed by atoms with E-state index in [2.05, 4.69) is 0 Å². The zero-order valence-electron chi connectivity index (χ0n) is 14.5. The summed E-state index contributed by atoms with van der Waals surface area (Å²) in [6, 6.07) is 0. The van der Waals surface area contributed by atoms with Gasteiger partial charge in [0.05, 0.1) is 0 Å². The highest BCUT2D eigenvalue weighted by molar-refractivity contribution is 7.61. The summed E-state index contributed by atoms with van der Waals surface area (Å²) in [6.45, 7) is 0. The minimum atomic E-state index is -9.46. The molecule has 0 nitrogen and oxygen atoms in total. The Balaban J connectivity index is 7.15. The van der Waals surface area contributed by atoms with Crippen LogP contribution in [0.3, 0.4) is 0 Å². The molecule has 0 aliphatic rings. The summed E-state index contributed by atoms with van der Waals surface area (Å²) in [7, 11) is -9.42. The van der Waals surface area contributed by atoms with Crippen LogP contribution >= 0.6 is 8.19 Å². The van der Waals surface area contributed by atoms with Gasteiger partial charge in [0.2, 0.25) is 0 Å². The van der Waals surface area contributed by atoms with Crippen LogP contribution in [0.1, 0.15) is 0 Å². The van der Waals surface area contributed by atoms with E-state index in [1.807, 2.05) is 0 Å². The zero-order valence-corrected chi connectivity index (χ0v) is 15.4. The molecule has 0 saturated carbocycles. The highest BCUT2D eigenvalue weighted by atomic mass is 31.3. The molecule has 0 fully saturated rings. The third-order valence-electron chi connectivity index (χ3n) is 3.81. The molecule has 35 heavy (non-hydrogen) atoms. The van der Waals surface area contributed by atoms with Gasteiger partial charge in [0.15, 0.2) is 0 Å². The molecule has 0 aromatic carbocycles. The number of alkyl halides is 21. The molecular weight excluding hydrogens is 607 g/mol. The van der Waals surface area contributed by atoms with Crippen molar-refractivity contribution in [2.24, 2.45) is 0 Å². The van der Waals surface area contributed by atoms with Gasteiger partial charge >= 0.3 is 67.4 Å². The molecule has 0 rings (SSSR count). The van der Waals surface area contributed by atoms with Gasteiger partial charge in [0.1, 0.15) is 0 Å². The van der Waals surface area contributed by atoms with Crippen molar-refractivity contribution in [3.05, 3.63) is 0 Å². The molecule has 0 N–H and O–H groups in total. The van der Waals surface area contributed by atoms with Gasteiger partial charge in [0.25, 0.3) is 0 Å². The lowest BCUT2D eigenvalue weighted by molar-refractivity contribution is -0.472. The topological polar surface area (TPSA) is 0 Å². The molecule has 0 unspecified atom stereocenters. The second kappa shape index (κ2) is 7.87. The maximum absolute atomic E-state index is 13.2. The summed E-state index contributed by atoms with van der Waals surface area (Å²) in [5.74, 6) is -73.3. The highest BCUT2D eigenvalue weighted by Gasteiger charge is 3.01. The molecule has 0 amide bonds. The summed E-state index contributed by atoms with van der Waals surface area (Å²) in [6.07, 6.45) is -8.11. The molecular formula is C10F24P+. The Morgan fingerprint density at radius 3 is 0.600 bits per heavy atom. The Bertz CT molecular complexity index is 715. The predicted octanol–water partition coefficient (Wildman–Crippen LogP) is 8.90. The lowest BCUT2D eigenvalue weighted by Gasteiger charge is -2.43. The Morgan fingerprint density at radius 1 is 0.257 bits per heavy atom. The lowest BCUT2D eigenvalue weighted by Crippen LogP contribution is -2.76. The van der Waals surface area contributed by atoms with Crippen molar-refractivity contribution < 1.29 is 105 Å². The third-order valence-corrected chi connectivity index (χ3v) is 4.73. The van der Waals surface area contributed by atoms with E-state index in [1.165, 1.54) is 0 Å². The van der Waals surface area contributed by atoms with Crippen LogP contribution in [0.15, 0.2) is 0 Å². The van der Waals surface area contributed by atoms with Crippen molar-refractivity contribution in [2.45, 2.75) is 59.2 Å². The summed E-state index contributed by atoms with van der Waals surface area (Å²) in [5, 5.41) is 0. The van der Waals surface area contributed by atoms with Gasteiger partial charge in [-0.05, 0) is 0 Å². The van der Waals surface area contributed by atoms with E-state index >= 15 is 0 Å². The molecule has 0 saturated heterocycles. The summed E-state index contributed by atoms with van der Waals surface area (Å²) in [5.41, 5.74) is -8.48. The van der Waals surface area contributed by atoms with Crippen molar-refractivity contribution >= 4 is 8.19 Å². The van der Waals surface area contributed by atoms with Gasteiger partial charge < -0.3 is 0 Å². The quantitative estimate of drug-likeness (QED) is 0.182. The van der Waals surface area contributed by atoms with Crippen molar-refractivity contribution in [3.8, 4) is 0 Å². The fourth-order valence-electron chi connectivity index (χ4n) is 1.71.